The molecule has 0 fully saturated rings. The Morgan fingerprint density at radius 2 is 1.72 bits per heavy atom. The fraction of sp³-hybridized carbons (Fsp3) is 0.300. The van der Waals surface area contributed by atoms with Crippen molar-refractivity contribution in [3.63, 3.8) is 0 Å². The maximum atomic E-state index is 12.7. The molecule has 7 nitrogen and oxygen atoms in total. The molecule has 2 aromatic rings. The number of carbonyl (C=O) groups is 3. The van der Waals surface area contributed by atoms with E-state index in [-0.39, 0.29) is 33.8 Å². The second kappa shape index (κ2) is 8.39. The Kier molecular flexibility index (Phi) is 6.10. The first-order valence-corrected chi connectivity index (χ1v) is 9.71. The summed E-state index contributed by atoms with van der Waals surface area (Å²) in [6.45, 7) is 5.37. The van der Waals surface area contributed by atoms with Gasteiger partial charge in [0.2, 0.25) is 11.8 Å². The minimum Gasteiger partial charge on any atom is -0.475 e. The number of pyridine rings is 1. The predicted octanol–water partition coefficient (Wildman–Crippen LogP) is 3.48. The van der Waals surface area contributed by atoms with E-state index in [1.807, 2.05) is 13.8 Å². The number of halogens is 2. The second-order valence-electron chi connectivity index (χ2n) is 6.82. The van der Waals surface area contributed by atoms with Crippen molar-refractivity contribution in [2.45, 2.75) is 39.5 Å². The van der Waals surface area contributed by atoms with Crippen molar-refractivity contribution in [1.29, 1.82) is 0 Å². The molecule has 29 heavy (non-hydrogen) atoms. The number of nitrogens with one attached hydrogen (secondary N) is 1. The van der Waals surface area contributed by atoms with Gasteiger partial charge in [-0.1, -0.05) is 29.3 Å². The highest BCUT2D eigenvalue weighted by atomic mass is 35.5. The normalized spacial score (nSPS) is 14.2. The van der Waals surface area contributed by atoms with Crippen molar-refractivity contribution in [2.24, 2.45) is 0 Å². The first kappa shape index (κ1) is 21.1. The maximum absolute atomic E-state index is 12.7. The Bertz CT molecular complexity index is 953. The lowest BCUT2D eigenvalue weighted by atomic mass is 10.1. The van der Waals surface area contributed by atoms with E-state index < -0.39 is 23.8 Å². The molecular weight excluding hydrogens is 417 g/mol. The van der Waals surface area contributed by atoms with Crippen LogP contribution in [0.1, 0.15) is 47.1 Å². The fourth-order valence-electron chi connectivity index (χ4n) is 2.94. The number of ether oxygens (including phenoxy) is 1. The molecule has 1 aliphatic heterocycles. The Morgan fingerprint density at radius 1 is 1.14 bits per heavy atom. The van der Waals surface area contributed by atoms with Gasteiger partial charge in [0.25, 0.3) is 11.8 Å². The first-order chi connectivity index (χ1) is 13.7. The van der Waals surface area contributed by atoms with E-state index in [1.165, 1.54) is 19.1 Å². The summed E-state index contributed by atoms with van der Waals surface area (Å²) in [6, 6.07) is 5.17. The molecule has 1 unspecified atom stereocenters. The van der Waals surface area contributed by atoms with Crippen molar-refractivity contribution >= 4 is 40.9 Å². The first-order valence-electron chi connectivity index (χ1n) is 8.96. The van der Waals surface area contributed by atoms with Gasteiger partial charge in [0.15, 0.2) is 0 Å². The van der Waals surface area contributed by atoms with Crippen LogP contribution in [-0.4, -0.2) is 39.8 Å². The summed E-state index contributed by atoms with van der Waals surface area (Å²) in [7, 11) is 0. The molecule has 152 valence electrons. The molecule has 1 aromatic carbocycles. The quantitative estimate of drug-likeness (QED) is 0.701. The average molecular weight is 436 g/mol. The standard InChI is InChI=1S/C20H19Cl2N3O4/c1-10(2)29-18-12(5-4-6-23-18)9-24-17(26)11(3)25-19(27)13-7-15(21)16(22)8-14(13)20(25)28/h4-8,10-11H,9H2,1-3H3,(H,24,26). The van der Waals surface area contributed by atoms with Crippen LogP contribution >= 0.6 is 23.2 Å². The smallest absolute Gasteiger partial charge is 0.262 e. The number of nitrogens with zero attached hydrogens (tertiary/aromatic N) is 2. The Balaban J connectivity index is 1.73. The van der Waals surface area contributed by atoms with Crippen LogP contribution in [0.25, 0.3) is 0 Å². The lowest BCUT2D eigenvalue weighted by molar-refractivity contribution is -0.124. The third-order valence-electron chi connectivity index (χ3n) is 4.38. The number of fused-ring (bicyclic) bond motifs is 1. The number of amides is 3. The summed E-state index contributed by atoms with van der Waals surface area (Å²) in [5.74, 6) is -1.25. The van der Waals surface area contributed by atoms with Gasteiger partial charge >= 0.3 is 0 Å². The van der Waals surface area contributed by atoms with Gasteiger partial charge in [0.1, 0.15) is 6.04 Å². The molecule has 0 spiro atoms. The molecule has 0 aliphatic carbocycles. The summed E-state index contributed by atoms with van der Waals surface area (Å²) in [5, 5.41) is 3.06. The van der Waals surface area contributed by atoms with Crippen LogP contribution in [0.3, 0.4) is 0 Å². The van der Waals surface area contributed by atoms with Crippen molar-refractivity contribution in [3.05, 3.63) is 57.2 Å². The number of aromatic nitrogens is 1. The van der Waals surface area contributed by atoms with Gasteiger partial charge in [-0.2, -0.15) is 0 Å². The largest absolute Gasteiger partial charge is 0.475 e. The van der Waals surface area contributed by atoms with E-state index >= 15 is 0 Å². The molecule has 3 amide bonds. The molecular formula is C20H19Cl2N3O4. The van der Waals surface area contributed by atoms with Crippen molar-refractivity contribution in [1.82, 2.24) is 15.2 Å². The van der Waals surface area contributed by atoms with Crippen LogP contribution < -0.4 is 10.1 Å². The van der Waals surface area contributed by atoms with Crippen LogP contribution in [0, 0.1) is 0 Å². The van der Waals surface area contributed by atoms with Gasteiger partial charge in [0, 0.05) is 18.3 Å². The summed E-state index contributed by atoms with van der Waals surface area (Å²) < 4.78 is 5.63. The van der Waals surface area contributed by atoms with E-state index in [2.05, 4.69) is 10.3 Å². The third kappa shape index (κ3) is 4.21. The van der Waals surface area contributed by atoms with Crippen molar-refractivity contribution in [3.8, 4) is 5.88 Å². The molecule has 3 rings (SSSR count). The molecule has 1 atom stereocenters. The van der Waals surface area contributed by atoms with Gasteiger partial charge in [0.05, 0.1) is 27.3 Å². The number of benzene rings is 1. The predicted molar refractivity (Wildman–Crippen MR) is 108 cm³/mol. The minimum atomic E-state index is -1.02. The number of carbonyl (C=O) groups excluding carboxylic acids is 3. The van der Waals surface area contributed by atoms with E-state index in [0.29, 0.717) is 11.4 Å². The zero-order chi connectivity index (χ0) is 21.3. The number of imide groups is 1. The van der Waals surface area contributed by atoms with E-state index in [9.17, 15) is 14.4 Å². The van der Waals surface area contributed by atoms with E-state index in [4.69, 9.17) is 27.9 Å². The van der Waals surface area contributed by atoms with E-state index in [0.717, 1.165) is 4.90 Å². The zero-order valence-electron chi connectivity index (χ0n) is 16.0. The molecule has 1 aliphatic rings. The highest BCUT2D eigenvalue weighted by molar-refractivity contribution is 6.43. The summed E-state index contributed by atoms with van der Waals surface area (Å²) >= 11 is 11.9. The fourth-order valence-corrected chi connectivity index (χ4v) is 3.27. The van der Waals surface area contributed by atoms with Gasteiger partial charge in [-0.25, -0.2) is 4.98 Å². The Morgan fingerprint density at radius 3 is 2.28 bits per heavy atom. The van der Waals surface area contributed by atoms with Crippen LogP contribution in [-0.2, 0) is 11.3 Å². The molecule has 0 saturated heterocycles. The molecule has 0 radical (unpaired) electrons. The minimum absolute atomic E-state index is 0.0738. The van der Waals surface area contributed by atoms with Gasteiger partial charge in [-0.3, -0.25) is 19.3 Å². The Labute approximate surface area is 178 Å². The molecule has 9 heteroatoms. The van der Waals surface area contributed by atoms with E-state index in [1.54, 1.807) is 18.3 Å². The highest BCUT2D eigenvalue weighted by Gasteiger charge is 2.41. The maximum Gasteiger partial charge on any atom is 0.262 e. The van der Waals surface area contributed by atoms with Crippen LogP contribution in [0.4, 0.5) is 0 Å². The van der Waals surface area contributed by atoms with Gasteiger partial charge in [-0.15, -0.1) is 0 Å². The highest BCUT2D eigenvalue weighted by Crippen LogP contribution is 2.32. The third-order valence-corrected chi connectivity index (χ3v) is 5.10. The average Bonchev–Trinajstić information content (AvgIpc) is 2.90. The lowest BCUT2D eigenvalue weighted by Crippen LogP contribution is -2.47. The number of rotatable bonds is 6. The topological polar surface area (TPSA) is 88.6 Å². The molecule has 1 N–H and O–H groups in total. The molecule has 2 heterocycles. The van der Waals surface area contributed by atoms with Gasteiger partial charge < -0.3 is 10.1 Å². The van der Waals surface area contributed by atoms with Gasteiger partial charge in [-0.05, 0) is 39.0 Å². The number of hydrogen-bond acceptors (Lipinski definition) is 5. The van der Waals surface area contributed by atoms with Crippen LogP contribution in [0.15, 0.2) is 30.5 Å². The lowest BCUT2D eigenvalue weighted by Gasteiger charge is -2.22. The monoisotopic (exact) mass is 435 g/mol. The SMILES string of the molecule is CC(C)Oc1ncccc1CNC(=O)C(C)N1C(=O)c2cc(Cl)c(Cl)cc2C1=O. The summed E-state index contributed by atoms with van der Waals surface area (Å²) in [5.41, 5.74) is 0.940. The molecule has 1 aromatic heterocycles. The second-order valence-corrected chi connectivity index (χ2v) is 7.63. The molecule has 0 saturated carbocycles. The molecule has 0 bridgehead atoms. The Hall–Kier alpha value is -2.64. The van der Waals surface area contributed by atoms with Crippen LogP contribution in [0.5, 0.6) is 5.88 Å². The zero-order valence-corrected chi connectivity index (χ0v) is 17.5. The van der Waals surface area contributed by atoms with Crippen molar-refractivity contribution < 1.29 is 19.1 Å². The summed E-state index contributed by atoms with van der Waals surface area (Å²) in [6.07, 6.45) is 1.52. The van der Waals surface area contributed by atoms with Crippen molar-refractivity contribution in [2.75, 3.05) is 0 Å². The van der Waals surface area contributed by atoms with Crippen LogP contribution in [0.2, 0.25) is 10.0 Å². The number of hydrogen-bond donors (Lipinski definition) is 1. The summed E-state index contributed by atoms with van der Waals surface area (Å²) in [4.78, 5) is 43.0.